The first kappa shape index (κ1) is 23.2. The predicted octanol–water partition coefficient (Wildman–Crippen LogP) is 5.06. The van der Waals surface area contributed by atoms with E-state index in [2.05, 4.69) is 24.4 Å². The molecule has 2 heterocycles. The Kier molecular flexibility index (Phi) is 6.51. The van der Waals surface area contributed by atoms with E-state index in [1.807, 2.05) is 0 Å². The van der Waals surface area contributed by atoms with E-state index in [1.54, 1.807) is 0 Å². The van der Waals surface area contributed by atoms with E-state index in [0.717, 1.165) is 12.1 Å². The molecular weight excluding hydrogens is 444 g/mol. The van der Waals surface area contributed by atoms with Crippen LogP contribution in [0.1, 0.15) is 35.1 Å². The molecule has 12 heteroatoms. The van der Waals surface area contributed by atoms with E-state index in [-0.39, 0.29) is 29.8 Å². The molecule has 0 radical (unpaired) electrons. The van der Waals surface area contributed by atoms with Gasteiger partial charge < -0.3 is 9.26 Å². The molecule has 32 heavy (non-hydrogen) atoms. The number of alkyl halides is 6. The maximum absolute atomic E-state index is 13.1. The number of ether oxygens (including phenoxy) is 1. The summed E-state index contributed by atoms with van der Waals surface area (Å²) in [5.74, 6) is -3.11. The zero-order chi connectivity index (χ0) is 23.5. The number of pyridine rings is 1. The molecule has 1 aromatic carbocycles. The van der Waals surface area contributed by atoms with Crippen molar-refractivity contribution in [2.45, 2.75) is 31.1 Å². The third-order valence-corrected chi connectivity index (χ3v) is 4.53. The largest absolute Gasteiger partial charge is 0.471 e. The lowest BCUT2D eigenvalue weighted by Crippen LogP contribution is -2.13. The summed E-state index contributed by atoms with van der Waals surface area (Å²) in [5, 5.41) is 3.26. The normalized spacial score (nSPS) is 13.1. The number of halogens is 6. The summed E-state index contributed by atoms with van der Waals surface area (Å²) >= 11 is 0. The Balaban J connectivity index is 1.84. The number of nitrogens with zero attached hydrogens (tertiary/aromatic N) is 3. The van der Waals surface area contributed by atoms with Gasteiger partial charge in [-0.2, -0.15) is 31.3 Å². The molecule has 170 valence electrons. The zero-order valence-corrected chi connectivity index (χ0v) is 16.4. The van der Waals surface area contributed by atoms with Crippen molar-refractivity contribution in [1.82, 2.24) is 15.1 Å². The Hall–Kier alpha value is -3.44. The summed E-state index contributed by atoms with van der Waals surface area (Å²) in [5.41, 5.74) is -0.0500. The van der Waals surface area contributed by atoms with Gasteiger partial charge in [-0.25, -0.2) is 0 Å². The van der Waals surface area contributed by atoms with Crippen LogP contribution in [0.4, 0.5) is 26.3 Å². The molecule has 0 bridgehead atoms. The van der Waals surface area contributed by atoms with Gasteiger partial charge >= 0.3 is 24.2 Å². The fraction of sp³-hybridized carbons (Fsp3) is 0.300. The summed E-state index contributed by atoms with van der Waals surface area (Å²) in [6.07, 6.45) is -8.24. The summed E-state index contributed by atoms with van der Waals surface area (Å²) in [6.45, 7) is 0. The van der Waals surface area contributed by atoms with Crippen molar-refractivity contribution < 1.29 is 40.4 Å². The molecule has 2 aromatic heterocycles. The number of benzene rings is 1. The van der Waals surface area contributed by atoms with Crippen LogP contribution in [0, 0.1) is 0 Å². The smallest absolute Gasteiger partial charge is 0.469 e. The second kappa shape index (κ2) is 8.97. The van der Waals surface area contributed by atoms with Gasteiger partial charge in [0.15, 0.2) is 0 Å². The number of carbonyl (C=O) groups is 1. The van der Waals surface area contributed by atoms with E-state index in [9.17, 15) is 31.1 Å². The first-order valence-electron chi connectivity index (χ1n) is 9.07. The molecule has 0 spiro atoms. The Morgan fingerprint density at radius 2 is 1.84 bits per heavy atom. The van der Waals surface area contributed by atoms with Crippen molar-refractivity contribution in [3.8, 4) is 11.4 Å². The van der Waals surface area contributed by atoms with Crippen LogP contribution in [-0.4, -0.2) is 28.2 Å². The Bertz CT molecular complexity index is 1080. The molecule has 0 saturated heterocycles. The number of rotatable bonds is 6. The van der Waals surface area contributed by atoms with Gasteiger partial charge in [-0.1, -0.05) is 23.4 Å². The monoisotopic (exact) mass is 459 g/mol. The van der Waals surface area contributed by atoms with Gasteiger partial charge in [0.25, 0.3) is 0 Å². The van der Waals surface area contributed by atoms with Crippen LogP contribution in [0.25, 0.3) is 11.4 Å². The molecular formula is C20H15F6N3O3. The highest BCUT2D eigenvalue weighted by molar-refractivity contribution is 5.70. The number of aromatic nitrogens is 3. The molecule has 0 N–H and O–H groups in total. The molecule has 0 fully saturated rings. The van der Waals surface area contributed by atoms with Crippen molar-refractivity contribution in [1.29, 1.82) is 0 Å². The van der Waals surface area contributed by atoms with E-state index >= 15 is 0 Å². The summed E-state index contributed by atoms with van der Waals surface area (Å²) in [7, 11) is 1.17. The van der Waals surface area contributed by atoms with Crippen LogP contribution in [-0.2, 0) is 28.3 Å². The first-order valence-corrected chi connectivity index (χ1v) is 9.07. The second-order valence-electron chi connectivity index (χ2n) is 6.76. The molecule has 6 nitrogen and oxygen atoms in total. The van der Waals surface area contributed by atoms with Gasteiger partial charge in [-0.3, -0.25) is 9.78 Å². The topological polar surface area (TPSA) is 78.1 Å². The minimum atomic E-state index is -4.79. The first-order chi connectivity index (χ1) is 15.0. The minimum absolute atomic E-state index is 0.0801. The number of hydrogen-bond donors (Lipinski definition) is 0. The molecule has 3 rings (SSSR count). The maximum Gasteiger partial charge on any atom is 0.471 e. The molecule has 0 amide bonds. The van der Waals surface area contributed by atoms with Gasteiger partial charge in [-0.05, 0) is 36.1 Å². The lowest BCUT2D eigenvalue weighted by molar-refractivity contribution is -0.159. The highest BCUT2D eigenvalue weighted by Crippen LogP contribution is 2.33. The SMILES string of the molecule is COC(=O)CC(Cc1ccc(-c2noc(C(F)(F)F)n2)cn1)c1cccc(C(F)(F)F)c1. The number of hydrogen-bond acceptors (Lipinski definition) is 6. The van der Waals surface area contributed by atoms with Gasteiger partial charge in [0.05, 0.1) is 19.1 Å². The molecule has 0 aliphatic heterocycles. The highest BCUT2D eigenvalue weighted by Gasteiger charge is 2.38. The van der Waals surface area contributed by atoms with Crippen LogP contribution in [0.2, 0.25) is 0 Å². The van der Waals surface area contributed by atoms with Crippen LogP contribution in [0.3, 0.4) is 0 Å². The van der Waals surface area contributed by atoms with E-state index in [4.69, 9.17) is 0 Å². The number of esters is 1. The Morgan fingerprint density at radius 3 is 2.41 bits per heavy atom. The molecule has 1 unspecified atom stereocenters. The van der Waals surface area contributed by atoms with Crippen molar-refractivity contribution in [3.63, 3.8) is 0 Å². The highest BCUT2D eigenvalue weighted by atomic mass is 19.4. The third kappa shape index (κ3) is 5.62. The Morgan fingerprint density at radius 1 is 1.09 bits per heavy atom. The lowest BCUT2D eigenvalue weighted by Gasteiger charge is -2.18. The average molecular weight is 459 g/mol. The minimum Gasteiger partial charge on any atom is -0.469 e. The zero-order valence-electron chi connectivity index (χ0n) is 16.4. The second-order valence-corrected chi connectivity index (χ2v) is 6.76. The van der Waals surface area contributed by atoms with E-state index < -0.39 is 35.7 Å². The van der Waals surface area contributed by atoms with Gasteiger partial charge in [0.2, 0.25) is 5.82 Å². The fourth-order valence-corrected chi connectivity index (χ4v) is 2.95. The van der Waals surface area contributed by atoms with Gasteiger partial charge in [0, 0.05) is 17.5 Å². The van der Waals surface area contributed by atoms with Gasteiger partial charge in [0.1, 0.15) is 0 Å². The molecule has 0 aliphatic rings. The quantitative estimate of drug-likeness (QED) is 0.379. The number of methoxy groups -OCH3 is 1. The summed E-state index contributed by atoms with van der Waals surface area (Å²) < 4.78 is 85.8. The van der Waals surface area contributed by atoms with Gasteiger partial charge in [-0.15, -0.1) is 0 Å². The fourth-order valence-electron chi connectivity index (χ4n) is 2.95. The average Bonchev–Trinajstić information content (AvgIpc) is 3.24. The molecule has 0 aliphatic carbocycles. The molecule has 1 atom stereocenters. The standard InChI is InChI=1S/C20H15F6N3O3/c1-31-16(30)9-13(11-3-2-4-14(7-11)19(21,22)23)8-15-6-5-12(10-27-15)17-28-18(32-29-17)20(24,25)26/h2-7,10,13H,8-9H2,1H3. The van der Waals surface area contributed by atoms with Crippen LogP contribution < -0.4 is 0 Å². The molecule has 0 saturated carbocycles. The summed E-state index contributed by atoms with van der Waals surface area (Å²) in [6, 6.07) is 7.44. The van der Waals surface area contributed by atoms with Crippen LogP contribution >= 0.6 is 0 Å². The number of carbonyl (C=O) groups excluding carboxylic acids is 1. The van der Waals surface area contributed by atoms with E-state index in [1.165, 1.54) is 37.6 Å². The third-order valence-electron chi connectivity index (χ3n) is 4.53. The summed E-state index contributed by atoms with van der Waals surface area (Å²) in [4.78, 5) is 19.2. The van der Waals surface area contributed by atoms with Crippen molar-refractivity contribution in [2.75, 3.05) is 7.11 Å². The Labute approximate surface area is 177 Å². The lowest BCUT2D eigenvalue weighted by atomic mass is 9.89. The van der Waals surface area contributed by atoms with Crippen molar-refractivity contribution in [3.05, 3.63) is 65.3 Å². The van der Waals surface area contributed by atoms with E-state index in [0.29, 0.717) is 5.69 Å². The van der Waals surface area contributed by atoms with Crippen LogP contribution in [0.5, 0.6) is 0 Å². The van der Waals surface area contributed by atoms with Crippen LogP contribution in [0.15, 0.2) is 47.1 Å². The predicted molar refractivity (Wildman–Crippen MR) is 97.1 cm³/mol. The maximum atomic E-state index is 13.1. The van der Waals surface area contributed by atoms with Crippen molar-refractivity contribution >= 4 is 5.97 Å². The molecule has 3 aromatic rings. The van der Waals surface area contributed by atoms with Crippen molar-refractivity contribution in [2.24, 2.45) is 0 Å².